The van der Waals surface area contributed by atoms with Crippen molar-refractivity contribution >= 4 is 29.0 Å². The molecule has 0 aliphatic heterocycles. The van der Waals surface area contributed by atoms with Gasteiger partial charge in [0.15, 0.2) is 11.8 Å². The molecule has 0 aliphatic rings. The van der Waals surface area contributed by atoms with E-state index in [1.54, 1.807) is 13.0 Å². The predicted molar refractivity (Wildman–Crippen MR) is 124 cm³/mol. The maximum Gasteiger partial charge on any atom is 0.287 e. The Bertz CT molecular complexity index is 1280. The van der Waals surface area contributed by atoms with Gasteiger partial charge in [-0.15, -0.1) is 16.3 Å². The van der Waals surface area contributed by atoms with Gasteiger partial charge in [-0.25, -0.2) is 4.98 Å². The van der Waals surface area contributed by atoms with Crippen LogP contribution in [0.2, 0.25) is 0 Å². The maximum atomic E-state index is 12.9. The van der Waals surface area contributed by atoms with Gasteiger partial charge in [0, 0.05) is 22.8 Å². The van der Waals surface area contributed by atoms with Crippen molar-refractivity contribution in [3.63, 3.8) is 0 Å². The molecule has 7 nitrogen and oxygen atoms in total. The maximum absolute atomic E-state index is 12.9. The van der Waals surface area contributed by atoms with Crippen LogP contribution in [0, 0.1) is 6.92 Å². The van der Waals surface area contributed by atoms with Crippen LogP contribution in [0.25, 0.3) is 5.65 Å². The Hall–Kier alpha value is -3.52. The Labute approximate surface area is 189 Å². The Morgan fingerprint density at radius 2 is 1.91 bits per heavy atom. The molecule has 0 bridgehead atoms. The number of carbonyl (C=O) groups is 1. The number of anilines is 1. The molecule has 0 radical (unpaired) electrons. The van der Waals surface area contributed by atoms with Gasteiger partial charge in [0.1, 0.15) is 11.5 Å². The van der Waals surface area contributed by atoms with Crippen LogP contribution in [-0.2, 0) is 10.5 Å². The van der Waals surface area contributed by atoms with Crippen molar-refractivity contribution < 1.29 is 14.1 Å². The highest BCUT2D eigenvalue weighted by molar-refractivity contribution is 7.98. The summed E-state index contributed by atoms with van der Waals surface area (Å²) in [5, 5.41) is 2.98. The summed E-state index contributed by atoms with van der Waals surface area (Å²) in [6.07, 6.45) is -0.0717. The quantitative estimate of drug-likeness (QED) is 0.393. The normalized spacial score (nSPS) is 11.9. The molecular formula is C24H23N3O4S. The predicted octanol–water partition coefficient (Wildman–Crippen LogP) is 4.68. The second-order valence-electron chi connectivity index (χ2n) is 7.19. The van der Waals surface area contributed by atoms with Crippen LogP contribution in [0.15, 0.2) is 80.9 Å². The molecule has 0 spiro atoms. The molecule has 1 amide bonds. The van der Waals surface area contributed by atoms with Crippen molar-refractivity contribution in [3.8, 4) is 5.75 Å². The summed E-state index contributed by atoms with van der Waals surface area (Å²) in [7, 11) is 0. The zero-order chi connectivity index (χ0) is 22.5. The number of hydrogen-bond donors (Lipinski definition) is 1. The van der Waals surface area contributed by atoms with E-state index in [1.165, 1.54) is 22.4 Å². The monoisotopic (exact) mass is 449 g/mol. The molecule has 4 aromatic rings. The van der Waals surface area contributed by atoms with Crippen molar-refractivity contribution in [1.82, 2.24) is 9.56 Å². The van der Waals surface area contributed by atoms with Crippen LogP contribution in [0.3, 0.4) is 0 Å². The Balaban J connectivity index is 1.46. The van der Waals surface area contributed by atoms with Gasteiger partial charge in [0.25, 0.3) is 11.5 Å². The number of thioether (sulfide) groups is 1. The largest absolute Gasteiger partial charge is 0.481 e. The SMILES string of the molecule is CC[C@H](Oc1ccccc1)C(=O)Nc1ccccc1SCc1cc(=O)n2oc(C)cc2n1. The van der Waals surface area contributed by atoms with Gasteiger partial charge in [-0.05, 0) is 37.6 Å². The van der Waals surface area contributed by atoms with Crippen LogP contribution < -0.4 is 15.6 Å². The van der Waals surface area contributed by atoms with Gasteiger partial charge in [-0.2, -0.15) is 0 Å². The van der Waals surface area contributed by atoms with Crippen LogP contribution in [-0.4, -0.2) is 21.6 Å². The van der Waals surface area contributed by atoms with Gasteiger partial charge in [-0.1, -0.05) is 37.3 Å². The Morgan fingerprint density at radius 1 is 1.16 bits per heavy atom. The molecule has 4 rings (SSSR count). The molecular weight excluding hydrogens is 426 g/mol. The summed E-state index contributed by atoms with van der Waals surface area (Å²) in [5.74, 6) is 1.53. The third-order valence-corrected chi connectivity index (χ3v) is 5.84. The number of aryl methyl sites for hydroxylation is 1. The summed E-state index contributed by atoms with van der Waals surface area (Å²) in [5.41, 5.74) is 1.55. The number of rotatable bonds is 8. The molecule has 0 aliphatic carbocycles. The summed E-state index contributed by atoms with van der Waals surface area (Å²) in [4.78, 5) is 30.5. The summed E-state index contributed by atoms with van der Waals surface area (Å²) >= 11 is 1.49. The first kappa shape index (κ1) is 21.7. The molecule has 0 saturated heterocycles. The second kappa shape index (κ2) is 9.74. The van der Waals surface area contributed by atoms with Gasteiger partial charge in [0.2, 0.25) is 0 Å². The standard InChI is InChI=1S/C24H23N3O4S/c1-3-20(30-18-9-5-4-6-10-18)24(29)26-19-11-7-8-12-21(19)32-15-17-14-23(28)27-22(25-17)13-16(2)31-27/h4-14,20H,3,15H2,1-2H3,(H,26,29)/t20-/m0/s1. The highest BCUT2D eigenvalue weighted by Crippen LogP contribution is 2.29. The van der Waals surface area contributed by atoms with E-state index in [0.29, 0.717) is 40.7 Å². The molecule has 8 heteroatoms. The van der Waals surface area contributed by atoms with E-state index in [-0.39, 0.29) is 11.5 Å². The zero-order valence-electron chi connectivity index (χ0n) is 17.8. The van der Waals surface area contributed by atoms with E-state index in [2.05, 4.69) is 10.3 Å². The third-order valence-electron chi connectivity index (χ3n) is 4.73. The highest BCUT2D eigenvalue weighted by atomic mass is 32.2. The van der Waals surface area contributed by atoms with Gasteiger partial charge in [-0.3, -0.25) is 9.59 Å². The Kier molecular flexibility index (Phi) is 6.61. The fourth-order valence-electron chi connectivity index (χ4n) is 3.19. The molecule has 2 heterocycles. The molecule has 0 fully saturated rings. The van der Waals surface area contributed by atoms with E-state index in [9.17, 15) is 9.59 Å². The zero-order valence-corrected chi connectivity index (χ0v) is 18.6. The van der Waals surface area contributed by atoms with Crippen LogP contribution in [0.5, 0.6) is 5.75 Å². The average molecular weight is 450 g/mol. The van der Waals surface area contributed by atoms with E-state index >= 15 is 0 Å². The van der Waals surface area contributed by atoms with Crippen molar-refractivity contribution in [2.75, 3.05) is 5.32 Å². The highest BCUT2D eigenvalue weighted by Gasteiger charge is 2.19. The van der Waals surface area contributed by atoms with Crippen LogP contribution in [0.4, 0.5) is 5.69 Å². The summed E-state index contributed by atoms with van der Waals surface area (Å²) in [6.45, 7) is 3.68. The minimum absolute atomic E-state index is 0.212. The number of nitrogens with zero attached hydrogens (tertiary/aromatic N) is 2. The molecule has 1 N–H and O–H groups in total. The molecule has 0 saturated carbocycles. The minimum Gasteiger partial charge on any atom is -0.481 e. The molecule has 2 aromatic carbocycles. The number of nitrogens with one attached hydrogen (secondary N) is 1. The molecule has 2 aromatic heterocycles. The lowest BCUT2D eigenvalue weighted by molar-refractivity contribution is -0.122. The van der Waals surface area contributed by atoms with Crippen LogP contribution in [0.1, 0.15) is 24.8 Å². The first-order valence-corrected chi connectivity index (χ1v) is 11.3. The number of hydrogen-bond acceptors (Lipinski definition) is 6. The fraction of sp³-hybridized carbons (Fsp3) is 0.208. The smallest absolute Gasteiger partial charge is 0.287 e. The molecule has 164 valence electrons. The van der Waals surface area contributed by atoms with E-state index in [1.807, 2.05) is 61.5 Å². The fourth-order valence-corrected chi connectivity index (χ4v) is 4.09. The van der Waals surface area contributed by atoms with Crippen molar-refractivity contribution in [1.29, 1.82) is 0 Å². The van der Waals surface area contributed by atoms with Gasteiger partial charge in [0.05, 0.1) is 11.4 Å². The van der Waals surface area contributed by atoms with Crippen molar-refractivity contribution in [2.45, 2.75) is 37.0 Å². The topological polar surface area (TPSA) is 85.8 Å². The van der Waals surface area contributed by atoms with Gasteiger partial charge >= 0.3 is 0 Å². The number of aromatic nitrogens is 2. The van der Waals surface area contributed by atoms with Crippen molar-refractivity contribution in [3.05, 3.63) is 88.5 Å². The lowest BCUT2D eigenvalue weighted by atomic mass is 10.2. The number of para-hydroxylation sites is 2. The van der Waals surface area contributed by atoms with Gasteiger partial charge < -0.3 is 14.6 Å². The minimum atomic E-state index is -0.607. The Morgan fingerprint density at radius 3 is 2.69 bits per heavy atom. The number of carbonyl (C=O) groups excluding carboxylic acids is 1. The van der Waals surface area contributed by atoms with Crippen molar-refractivity contribution in [2.24, 2.45) is 0 Å². The first-order chi connectivity index (χ1) is 15.5. The number of benzene rings is 2. The number of fused-ring (bicyclic) bond motifs is 1. The molecule has 32 heavy (non-hydrogen) atoms. The summed E-state index contributed by atoms with van der Waals surface area (Å²) in [6, 6.07) is 20.0. The van der Waals surface area contributed by atoms with E-state index in [0.717, 1.165) is 4.90 Å². The number of amides is 1. The first-order valence-electron chi connectivity index (χ1n) is 10.3. The molecule has 0 unspecified atom stereocenters. The van der Waals surface area contributed by atoms with Crippen LogP contribution >= 0.6 is 11.8 Å². The van der Waals surface area contributed by atoms with E-state index in [4.69, 9.17) is 9.26 Å². The average Bonchev–Trinajstić information content (AvgIpc) is 3.18. The summed E-state index contributed by atoms with van der Waals surface area (Å²) < 4.78 is 12.4. The second-order valence-corrected chi connectivity index (χ2v) is 8.20. The third kappa shape index (κ3) is 5.03. The molecule has 1 atom stereocenters. The lowest BCUT2D eigenvalue weighted by Gasteiger charge is -2.18. The van der Waals surface area contributed by atoms with E-state index < -0.39 is 6.10 Å². The number of ether oxygens (including phenoxy) is 1. The lowest BCUT2D eigenvalue weighted by Crippen LogP contribution is -2.32.